The van der Waals surface area contributed by atoms with Gasteiger partial charge in [0.2, 0.25) is 0 Å². The Bertz CT molecular complexity index is 672. The van der Waals surface area contributed by atoms with Crippen LogP contribution in [0.1, 0.15) is 12.8 Å². The van der Waals surface area contributed by atoms with Gasteiger partial charge in [0, 0.05) is 23.6 Å². The number of carbonyl (C=O) groups is 1. The number of amides is 1. The van der Waals surface area contributed by atoms with E-state index in [4.69, 9.17) is 9.15 Å². The highest BCUT2D eigenvalue weighted by molar-refractivity contribution is 5.79. The molecule has 1 aromatic carbocycles. The number of fused-ring (bicyclic) bond motifs is 1. The minimum Gasteiger partial charge on any atom is -0.484 e. The first-order valence-corrected chi connectivity index (χ1v) is 6.17. The van der Waals surface area contributed by atoms with Crippen molar-refractivity contribution in [2.75, 3.05) is 6.61 Å². The molecule has 1 saturated carbocycles. The maximum atomic E-state index is 11.5. The number of hydrogen-bond acceptors (Lipinski definition) is 4. The fourth-order valence-corrected chi connectivity index (χ4v) is 1.78. The molecule has 0 saturated heterocycles. The molecule has 0 aliphatic heterocycles. The molecule has 1 aliphatic rings. The van der Waals surface area contributed by atoms with Crippen LogP contribution in [-0.2, 0) is 4.79 Å². The van der Waals surface area contributed by atoms with Crippen molar-refractivity contribution in [3.63, 3.8) is 0 Å². The molecule has 1 N–H and O–H groups in total. The van der Waals surface area contributed by atoms with E-state index in [2.05, 4.69) is 5.32 Å². The van der Waals surface area contributed by atoms with Crippen molar-refractivity contribution < 1.29 is 13.9 Å². The lowest BCUT2D eigenvalue weighted by Crippen LogP contribution is -2.30. The number of rotatable bonds is 4. The Labute approximate surface area is 109 Å². The molecule has 1 fully saturated rings. The SMILES string of the molecule is O=C(COc1ccc2ccc(=O)oc2c1)NC1CC1. The summed E-state index contributed by atoms with van der Waals surface area (Å²) in [6.07, 6.45) is 2.10. The largest absolute Gasteiger partial charge is 0.484 e. The molecule has 0 unspecified atom stereocenters. The third kappa shape index (κ3) is 2.93. The summed E-state index contributed by atoms with van der Waals surface area (Å²) in [5, 5.41) is 3.65. The molecule has 1 aromatic heterocycles. The summed E-state index contributed by atoms with van der Waals surface area (Å²) in [5.41, 5.74) is 0.0451. The summed E-state index contributed by atoms with van der Waals surface area (Å²) in [4.78, 5) is 22.6. The van der Waals surface area contributed by atoms with Crippen LogP contribution in [0.4, 0.5) is 0 Å². The molecule has 5 nitrogen and oxygen atoms in total. The molecule has 5 heteroatoms. The van der Waals surface area contributed by atoms with Gasteiger partial charge in [-0.2, -0.15) is 0 Å². The zero-order valence-electron chi connectivity index (χ0n) is 10.2. The van der Waals surface area contributed by atoms with E-state index in [1.54, 1.807) is 24.3 Å². The van der Waals surface area contributed by atoms with Gasteiger partial charge in [0.15, 0.2) is 6.61 Å². The third-order valence-electron chi connectivity index (χ3n) is 2.91. The summed E-state index contributed by atoms with van der Waals surface area (Å²) >= 11 is 0. The van der Waals surface area contributed by atoms with Crippen LogP contribution >= 0.6 is 0 Å². The molecule has 1 amide bonds. The van der Waals surface area contributed by atoms with Crippen molar-refractivity contribution >= 4 is 16.9 Å². The average Bonchev–Trinajstić information content (AvgIpc) is 3.19. The van der Waals surface area contributed by atoms with E-state index < -0.39 is 5.63 Å². The van der Waals surface area contributed by atoms with E-state index >= 15 is 0 Å². The molecule has 0 spiro atoms. The van der Waals surface area contributed by atoms with Crippen molar-refractivity contribution in [1.82, 2.24) is 5.32 Å². The van der Waals surface area contributed by atoms with Crippen molar-refractivity contribution in [2.24, 2.45) is 0 Å². The van der Waals surface area contributed by atoms with Crippen LogP contribution < -0.4 is 15.7 Å². The predicted molar refractivity (Wildman–Crippen MR) is 69.1 cm³/mol. The fraction of sp³-hybridized carbons (Fsp3) is 0.286. The monoisotopic (exact) mass is 259 g/mol. The molecule has 19 heavy (non-hydrogen) atoms. The number of ether oxygens (including phenoxy) is 1. The van der Waals surface area contributed by atoms with Crippen LogP contribution in [0, 0.1) is 0 Å². The average molecular weight is 259 g/mol. The first-order valence-electron chi connectivity index (χ1n) is 6.17. The molecule has 0 bridgehead atoms. The van der Waals surface area contributed by atoms with Gasteiger partial charge in [-0.3, -0.25) is 4.79 Å². The zero-order valence-corrected chi connectivity index (χ0v) is 10.2. The van der Waals surface area contributed by atoms with Crippen LogP contribution in [0.25, 0.3) is 11.0 Å². The summed E-state index contributed by atoms with van der Waals surface area (Å²) < 4.78 is 10.4. The molecule has 1 aliphatic carbocycles. The van der Waals surface area contributed by atoms with Crippen LogP contribution in [0.3, 0.4) is 0 Å². The summed E-state index contributed by atoms with van der Waals surface area (Å²) in [7, 11) is 0. The van der Waals surface area contributed by atoms with Gasteiger partial charge in [0.1, 0.15) is 11.3 Å². The maximum Gasteiger partial charge on any atom is 0.336 e. The number of benzene rings is 1. The van der Waals surface area contributed by atoms with Crippen LogP contribution in [0.15, 0.2) is 39.5 Å². The standard InChI is InChI=1S/C14H13NO4/c16-13(15-10-3-4-10)8-18-11-5-1-9-2-6-14(17)19-12(9)7-11/h1-2,5-7,10H,3-4,8H2,(H,15,16). The first-order chi connectivity index (χ1) is 9.20. The molecule has 1 heterocycles. The van der Waals surface area contributed by atoms with Gasteiger partial charge < -0.3 is 14.5 Å². The van der Waals surface area contributed by atoms with Crippen LogP contribution in [0.2, 0.25) is 0 Å². The van der Waals surface area contributed by atoms with E-state index in [0.29, 0.717) is 17.4 Å². The fourth-order valence-electron chi connectivity index (χ4n) is 1.78. The smallest absolute Gasteiger partial charge is 0.336 e. The highest BCUT2D eigenvalue weighted by atomic mass is 16.5. The summed E-state index contributed by atoms with van der Waals surface area (Å²) in [5.74, 6) is 0.380. The minimum atomic E-state index is -0.406. The molecule has 98 valence electrons. The van der Waals surface area contributed by atoms with E-state index in [-0.39, 0.29) is 12.5 Å². The Kier molecular flexibility index (Phi) is 2.95. The highest BCUT2D eigenvalue weighted by Gasteiger charge is 2.23. The molecular weight excluding hydrogens is 246 g/mol. The molecule has 0 atom stereocenters. The molecular formula is C14H13NO4. The van der Waals surface area contributed by atoms with Gasteiger partial charge in [-0.1, -0.05) is 0 Å². The number of nitrogens with one attached hydrogen (secondary N) is 1. The van der Waals surface area contributed by atoms with Gasteiger partial charge in [0.05, 0.1) is 0 Å². The normalized spacial score (nSPS) is 14.3. The van der Waals surface area contributed by atoms with Gasteiger partial charge in [0.25, 0.3) is 5.91 Å². The van der Waals surface area contributed by atoms with Gasteiger partial charge in [-0.15, -0.1) is 0 Å². The highest BCUT2D eigenvalue weighted by Crippen LogP contribution is 2.20. The van der Waals surface area contributed by atoms with Crippen molar-refractivity contribution in [3.8, 4) is 5.75 Å². The lowest BCUT2D eigenvalue weighted by molar-refractivity contribution is -0.123. The number of carbonyl (C=O) groups excluding carboxylic acids is 1. The van der Waals surface area contributed by atoms with Crippen molar-refractivity contribution in [2.45, 2.75) is 18.9 Å². The second-order valence-corrected chi connectivity index (χ2v) is 4.58. The third-order valence-corrected chi connectivity index (χ3v) is 2.91. The summed E-state index contributed by atoms with van der Waals surface area (Å²) in [6.45, 7) is -0.0287. The topological polar surface area (TPSA) is 68.5 Å². The van der Waals surface area contributed by atoms with E-state index in [0.717, 1.165) is 18.2 Å². The maximum absolute atomic E-state index is 11.5. The van der Waals surface area contributed by atoms with E-state index in [9.17, 15) is 9.59 Å². The molecule has 3 rings (SSSR count). The lowest BCUT2D eigenvalue weighted by Gasteiger charge is -2.07. The Morgan fingerprint density at radius 2 is 2.11 bits per heavy atom. The zero-order chi connectivity index (χ0) is 13.2. The molecule has 2 aromatic rings. The van der Waals surface area contributed by atoms with Crippen LogP contribution in [0.5, 0.6) is 5.75 Å². The Morgan fingerprint density at radius 1 is 1.32 bits per heavy atom. The summed E-state index contributed by atoms with van der Waals surface area (Å²) in [6, 6.07) is 8.52. The van der Waals surface area contributed by atoms with Gasteiger partial charge in [-0.05, 0) is 31.0 Å². The number of hydrogen-bond donors (Lipinski definition) is 1. The molecule has 0 radical (unpaired) electrons. The second-order valence-electron chi connectivity index (χ2n) is 4.58. The minimum absolute atomic E-state index is 0.0287. The first kappa shape index (κ1) is 11.8. The predicted octanol–water partition coefficient (Wildman–Crippen LogP) is 1.45. The van der Waals surface area contributed by atoms with Gasteiger partial charge in [-0.25, -0.2) is 4.79 Å². The Hall–Kier alpha value is -2.30. The second kappa shape index (κ2) is 4.76. The van der Waals surface area contributed by atoms with E-state index in [1.165, 1.54) is 6.07 Å². The Balaban J connectivity index is 1.70. The Morgan fingerprint density at radius 3 is 2.89 bits per heavy atom. The lowest BCUT2D eigenvalue weighted by atomic mass is 10.2. The van der Waals surface area contributed by atoms with Gasteiger partial charge >= 0.3 is 5.63 Å². The quantitative estimate of drug-likeness (QED) is 0.844. The van der Waals surface area contributed by atoms with Crippen molar-refractivity contribution in [3.05, 3.63) is 40.8 Å². The van der Waals surface area contributed by atoms with Crippen molar-refractivity contribution in [1.29, 1.82) is 0 Å². The van der Waals surface area contributed by atoms with E-state index in [1.807, 2.05) is 0 Å². The van der Waals surface area contributed by atoms with Crippen LogP contribution in [-0.4, -0.2) is 18.6 Å².